The number of ether oxygens (including phenoxy) is 2. The Bertz CT molecular complexity index is 791. The van der Waals surface area contributed by atoms with Gasteiger partial charge in [0.15, 0.2) is 0 Å². The Labute approximate surface area is 331 Å². The first-order valence-corrected chi connectivity index (χ1v) is 22.3. The van der Waals surface area contributed by atoms with Crippen molar-refractivity contribution in [2.24, 2.45) is 28.7 Å². The van der Waals surface area contributed by atoms with E-state index in [-0.39, 0.29) is 5.97 Å². The third kappa shape index (κ3) is 41.3. The lowest BCUT2D eigenvalue weighted by molar-refractivity contribution is -0.145. The van der Waals surface area contributed by atoms with Crippen LogP contribution >= 0.6 is 0 Å². The lowest BCUT2D eigenvalue weighted by Crippen LogP contribution is -2.28. The predicted molar refractivity (Wildman–Crippen MR) is 233 cm³/mol. The summed E-state index contributed by atoms with van der Waals surface area (Å²) in [6, 6.07) is 0. The van der Waals surface area contributed by atoms with E-state index in [1.165, 1.54) is 103 Å². The van der Waals surface area contributed by atoms with Gasteiger partial charge in [-0.2, -0.15) is 0 Å². The summed E-state index contributed by atoms with van der Waals surface area (Å²) in [5.41, 5.74) is 0. The minimum atomic E-state index is -0.0154. The number of aldehydes is 1. The molecule has 0 saturated heterocycles. The fraction of sp³-hybridized carbons (Fsp3) is 0.891. The lowest BCUT2D eigenvalue weighted by atomic mass is 9.88. The molecule has 0 aromatic rings. The topological polar surface area (TPSA) is 71.4 Å². The minimum Gasteiger partial charge on any atom is -0.465 e. The number of rotatable bonds is 36. The number of hydrogen-bond donors (Lipinski definition) is 0. The molecule has 0 spiro atoms. The maximum Gasteiger partial charge on any atom is 0.305 e. The van der Waals surface area contributed by atoms with Crippen molar-refractivity contribution < 1.29 is 19.1 Å². The Hall–Kier alpha value is -1.73. The normalized spacial score (nSPS) is 12.8. The first-order chi connectivity index (χ1) is 25.7. The molecule has 3 unspecified atom stereocenters. The van der Waals surface area contributed by atoms with Gasteiger partial charge in [0.2, 0.25) is 0 Å². The molecule has 3 atom stereocenters. The number of unbranched alkanes of at least 4 members (excludes halogenated alkanes) is 11. The molecular weight excluding hydrogens is 659 g/mol. The number of methoxy groups -OCH3 is 1. The van der Waals surface area contributed by atoms with E-state index < -0.39 is 0 Å². The van der Waals surface area contributed by atoms with E-state index in [1.54, 1.807) is 13.3 Å². The molecule has 0 saturated carbocycles. The molecule has 0 N–H and O–H groups in total. The highest BCUT2D eigenvalue weighted by atomic mass is 16.5. The van der Waals surface area contributed by atoms with E-state index in [1.807, 2.05) is 20.0 Å². The summed E-state index contributed by atoms with van der Waals surface area (Å²) in [6.45, 7) is 27.1. The molecule has 7 nitrogen and oxygen atoms in total. The first kappa shape index (κ1) is 55.6. The van der Waals surface area contributed by atoms with Gasteiger partial charge in [0, 0.05) is 52.6 Å². The van der Waals surface area contributed by atoms with Crippen LogP contribution in [0.25, 0.3) is 0 Å². The highest BCUT2D eigenvalue weighted by molar-refractivity contribution is 5.69. The quantitative estimate of drug-likeness (QED) is 0.0275. The Morgan fingerprint density at radius 3 is 1.83 bits per heavy atom. The Kier molecular flexibility index (Phi) is 46.9. The van der Waals surface area contributed by atoms with Crippen LogP contribution in [0.15, 0.2) is 17.4 Å². The predicted octanol–water partition coefficient (Wildman–Crippen LogP) is 12.6. The Balaban J connectivity index is -0.00000178. The van der Waals surface area contributed by atoms with Gasteiger partial charge >= 0.3 is 5.97 Å². The van der Waals surface area contributed by atoms with E-state index >= 15 is 0 Å². The first-order valence-electron chi connectivity index (χ1n) is 22.3. The minimum absolute atomic E-state index is 0.0154. The van der Waals surface area contributed by atoms with E-state index in [2.05, 4.69) is 70.1 Å². The summed E-state index contributed by atoms with van der Waals surface area (Å²) in [4.78, 5) is 31.4. The molecule has 0 aliphatic heterocycles. The third-order valence-electron chi connectivity index (χ3n) is 10.4. The van der Waals surface area contributed by atoms with Gasteiger partial charge in [-0.15, -0.1) is 0 Å². The number of hydrogen-bond acceptors (Lipinski definition) is 7. The van der Waals surface area contributed by atoms with Gasteiger partial charge in [-0.25, -0.2) is 0 Å². The van der Waals surface area contributed by atoms with Crippen molar-refractivity contribution in [2.45, 2.75) is 190 Å². The van der Waals surface area contributed by atoms with Crippen LogP contribution in [0.3, 0.4) is 0 Å². The van der Waals surface area contributed by atoms with Gasteiger partial charge in [-0.3, -0.25) is 9.79 Å². The number of carbonyl (C=O) groups is 2. The van der Waals surface area contributed by atoms with Crippen LogP contribution in [0.1, 0.15) is 190 Å². The molecule has 7 heteroatoms. The van der Waals surface area contributed by atoms with E-state index in [0.717, 1.165) is 70.0 Å². The second kappa shape index (κ2) is 44.7. The highest BCUT2D eigenvalue weighted by Crippen LogP contribution is 2.22. The molecule has 0 bridgehead atoms. The van der Waals surface area contributed by atoms with Crippen LogP contribution in [0.5, 0.6) is 0 Å². The van der Waals surface area contributed by atoms with Crippen molar-refractivity contribution in [3.8, 4) is 0 Å². The largest absolute Gasteiger partial charge is 0.465 e. The summed E-state index contributed by atoms with van der Waals surface area (Å²) < 4.78 is 10.8. The average Bonchev–Trinajstić information content (AvgIpc) is 3.16. The Morgan fingerprint density at radius 2 is 1.30 bits per heavy atom. The molecular formula is C46H93N3O4. The van der Waals surface area contributed by atoms with Gasteiger partial charge < -0.3 is 24.1 Å². The van der Waals surface area contributed by atoms with Crippen LogP contribution in [0.4, 0.5) is 0 Å². The average molecular weight is 752 g/mol. The van der Waals surface area contributed by atoms with Crippen molar-refractivity contribution >= 4 is 19.0 Å². The molecule has 0 amide bonds. The fourth-order valence-corrected chi connectivity index (χ4v) is 6.21. The van der Waals surface area contributed by atoms with Crippen molar-refractivity contribution in [1.29, 1.82) is 0 Å². The van der Waals surface area contributed by atoms with Crippen molar-refractivity contribution in [3.63, 3.8) is 0 Å². The summed E-state index contributed by atoms with van der Waals surface area (Å²) in [6.07, 6.45) is 28.9. The van der Waals surface area contributed by atoms with Gasteiger partial charge in [0.1, 0.15) is 6.29 Å². The second-order valence-corrected chi connectivity index (χ2v) is 15.4. The van der Waals surface area contributed by atoms with Crippen LogP contribution in [-0.4, -0.2) is 82.3 Å². The van der Waals surface area contributed by atoms with Gasteiger partial charge in [0.05, 0.1) is 6.61 Å². The molecule has 0 aliphatic carbocycles. The number of carbonyl (C=O) groups excluding carboxylic acids is 2. The number of nitrogens with zero attached hydrogens (tertiary/aromatic N) is 3. The molecule has 0 heterocycles. The van der Waals surface area contributed by atoms with Crippen molar-refractivity contribution in [3.05, 3.63) is 12.4 Å². The van der Waals surface area contributed by atoms with Crippen molar-refractivity contribution in [1.82, 2.24) is 9.80 Å². The second-order valence-electron chi connectivity index (χ2n) is 15.4. The third-order valence-corrected chi connectivity index (χ3v) is 10.4. The Morgan fingerprint density at radius 1 is 0.736 bits per heavy atom. The maximum atomic E-state index is 12.3. The van der Waals surface area contributed by atoms with Crippen LogP contribution in [0.2, 0.25) is 0 Å². The van der Waals surface area contributed by atoms with Gasteiger partial charge in [-0.1, -0.05) is 126 Å². The molecule has 0 radical (unpaired) electrons. The molecule has 0 fully saturated rings. The molecule has 0 rings (SSSR count). The smallest absolute Gasteiger partial charge is 0.305 e. The van der Waals surface area contributed by atoms with E-state index in [9.17, 15) is 9.59 Å². The fourth-order valence-electron chi connectivity index (χ4n) is 6.21. The van der Waals surface area contributed by atoms with Gasteiger partial charge in [0.25, 0.3) is 0 Å². The standard InChI is InChI=1S/C35H67N3O3.C9H20O.C2H6/c1-7-33(4)22-23-34(32(2)3)31-41-35(40)21-15-11-10-13-17-27-38(26-16-12-8-9-14-20-30-39)28-19-18-25-37(6)29-24-36-5;1-4-6-7-9(5-2)8-10-3;1-2/h24,29-30,32-34H,5,7-23,25-28,31H2,1-4,6H3;9H,4-8H2,1-3H3;1-2H3/b29-24-;;. The monoisotopic (exact) mass is 752 g/mol. The summed E-state index contributed by atoms with van der Waals surface area (Å²) in [7, 11) is 3.87. The lowest BCUT2D eigenvalue weighted by Gasteiger charge is -2.23. The SMILES string of the molecule is C=N/C=C\N(C)CCCCN(CCCCCCCC=O)CCCCCCCC(=O)OCC(CCC(C)CC)C(C)C.CC.CCCCC(CC)COC. The van der Waals surface area contributed by atoms with Crippen LogP contribution in [-0.2, 0) is 19.1 Å². The zero-order valence-electron chi connectivity index (χ0n) is 37.3. The zero-order valence-corrected chi connectivity index (χ0v) is 37.3. The van der Waals surface area contributed by atoms with E-state index in [0.29, 0.717) is 31.3 Å². The molecule has 0 aliphatic rings. The molecule has 316 valence electrons. The maximum absolute atomic E-state index is 12.3. The summed E-state index contributed by atoms with van der Waals surface area (Å²) in [5.74, 6) is 2.56. The molecule has 53 heavy (non-hydrogen) atoms. The molecule has 0 aromatic carbocycles. The van der Waals surface area contributed by atoms with Crippen LogP contribution in [0, 0.1) is 23.7 Å². The summed E-state index contributed by atoms with van der Waals surface area (Å²) in [5, 5.41) is 0. The molecule has 0 aromatic heterocycles. The van der Waals surface area contributed by atoms with E-state index in [4.69, 9.17) is 9.47 Å². The summed E-state index contributed by atoms with van der Waals surface area (Å²) >= 11 is 0. The number of esters is 1. The number of aliphatic imine (C=N–C) groups is 1. The van der Waals surface area contributed by atoms with Crippen LogP contribution < -0.4 is 0 Å². The highest BCUT2D eigenvalue weighted by Gasteiger charge is 2.17. The zero-order chi connectivity index (χ0) is 40.4. The van der Waals surface area contributed by atoms with Gasteiger partial charge in [-0.05, 0) is 101 Å². The van der Waals surface area contributed by atoms with Crippen molar-refractivity contribution in [2.75, 3.05) is 53.6 Å².